The summed E-state index contributed by atoms with van der Waals surface area (Å²) in [6, 6.07) is 20.8. The number of fused-ring (bicyclic) bond motifs is 1. The predicted octanol–water partition coefficient (Wildman–Crippen LogP) is 6.50. The minimum absolute atomic E-state index is 0. The van der Waals surface area contributed by atoms with E-state index in [4.69, 9.17) is 9.47 Å². The summed E-state index contributed by atoms with van der Waals surface area (Å²) in [5.41, 5.74) is 1.46. The number of hydrogen-bond donors (Lipinski definition) is 1. The number of rotatable bonds is 13. The molecule has 0 heterocycles. The maximum absolute atomic E-state index is 10.1. The molecule has 4 nitrogen and oxygen atoms in total. The molecule has 0 aliphatic heterocycles. The molecule has 0 saturated heterocycles. The van der Waals surface area contributed by atoms with Crippen molar-refractivity contribution in [3.63, 3.8) is 0 Å². The van der Waals surface area contributed by atoms with Gasteiger partial charge in [-0.1, -0.05) is 56.3 Å². The van der Waals surface area contributed by atoms with Crippen LogP contribution in [-0.2, 0) is 6.42 Å². The molecule has 0 amide bonds. The largest absolute Gasteiger partial charge is 0.492 e. The fourth-order valence-electron chi connectivity index (χ4n) is 4.06. The van der Waals surface area contributed by atoms with Gasteiger partial charge in [0, 0.05) is 18.5 Å². The summed E-state index contributed by atoms with van der Waals surface area (Å²) in [6.07, 6.45) is 3.10. The Labute approximate surface area is 211 Å². The molecule has 1 N–H and O–H groups in total. The number of halogens is 1. The number of benzene rings is 3. The summed E-state index contributed by atoms with van der Waals surface area (Å²) in [6.45, 7) is 12.1. The highest BCUT2D eigenvalue weighted by Gasteiger charge is 2.16. The first-order valence-corrected chi connectivity index (χ1v) is 12.2. The summed E-state index contributed by atoms with van der Waals surface area (Å²) in [4.78, 5) is 2.46. The van der Waals surface area contributed by atoms with Crippen LogP contribution in [0, 0.1) is 0 Å². The van der Waals surface area contributed by atoms with Gasteiger partial charge in [0.1, 0.15) is 24.7 Å². The van der Waals surface area contributed by atoms with Crippen LogP contribution in [0.15, 0.2) is 60.7 Å². The molecule has 0 spiro atoms. The SMILES string of the molecule is CCCN(CCC)CCOc1ccc(Cc2c(OCC(C)(C)O)ccc3ccccc23)cc1.Cl. The molecule has 0 atom stereocenters. The molecule has 0 aromatic heterocycles. The van der Waals surface area contributed by atoms with Crippen LogP contribution >= 0.6 is 12.4 Å². The van der Waals surface area contributed by atoms with E-state index >= 15 is 0 Å². The van der Waals surface area contributed by atoms with Gasteiger partial charge in [-0.3, -0.25) is 4.90 Å². The molecule has 186 valence electrons. The zero-order valence-electron chi connectivity index (χ0n) is 21.0. The van der Waals surface area contributed by atoms with Crippen molar-refractivity contribution in [2.24, 2.45) is 0 Å². The molecule has 0 fully saturated rings. The summed E-state index contributed by atoms with van der Waals surface area (Å²) in [5.74, 6) is 1.73. The fourth-order valence-corrected chi connectivity index (χ4v) is 4.06. The molecule has 0 radical (unpaired) electrons. The second-order valence-electron chi connectivity index (χ2n) is 9.38. The normalized spacial score (nSPS) is 11.5. The molecular formula is C29H40ClNO3. The van der Waals surface area contributed by atoms with E-state index in [1.165, 1.54) is 29.2 Å². The second kappa shape index (κ2) is 13.6. The third-order valence-electron chi connectivity index (χ3n) is 5.64. The van der Waals surface area contributed by atoms with Crippen molar-refractivity contribution >= 4 is 23.2 Å². The van der Waals surface area contributed by atoms with Gasteiger partial charge in [0.2, 0.25) is 0 Å². The molecule has 5 heteroatoms. The van der Waals surface area contributed by atoms with Crippen molar-refractivity contribution in [3.05, 3.63) is 71.8 Å². The van der Waals surface area contributed by atoms with E-state index in [1.807, 2.05) is 6.07 Å². The lowest BCUT2D eigenvalue weighted by molar-refractivity contribution is 0.0282. The number of aliphatic hydroxyl groups is 1. The maximum atomic E-state index is 10.1. The van der Waals surface area contributed by atoms with Crippen molar-refractivity contribution in [2.75, 3.05) is 32.8 Å². The van der Waals surface area contributed by atoms with Crippen LogP contribution in [0.25, 0.3) is 10.8 Å². The monoisotopic (exact) mass is 485 g/mol. The Kier molecular flexibility index (Phi) is 11.2. The van der Waals surface area contributed by atoms with Crippen molar-refractivity contribution in [1.29, 1.82) is 0 Å². The molecule has 0 unspecified atom stereocenters. The van der Waals surface area contributed by atoms with Gasteiger partial charge in [-0.15, -0.1) is 12.4 Å². The molecule has 34 heavy (non-hydrogen) atoms. The van der Waals surface area contributed by atoms with Gasteiger partial charge < -0.3 is 14.6 Å². The molecule has 3 aromatic rings. The predicted molar refractivity (Wildman–Crippen MR) is 145 cm³/mol. The first-order valence-electron chi connectivity index (χ1n) is 12.2. The van der Waals surface area contributed by atoms with E-state index < -0.39 is 5.60 Å². The third kappa shape index (κ3) is 8.50. The summed E-state index contributed by atoms with van der Waals surface area (Å²) in [7, 11) is 0. The van der Waals surface area contributed by atoms with Gasteiger partial charge in [-0.05, 0) is 74.3 Å². The van der Waals surface area contributed by atoms with Crippen LogP contribution in [-0.4, -0.2) is 48.5 Å². The minimum atomic E-state index is -0.883. The van der Waals surface area contributed by atoms with Crippen molar-refractivity contribution in [3.8, 4) is 11.5 Å². The van der Waals surface area contributed by atoms with Gasteiger partial charge in [-0.2, -0.15) is 0 Å². The van der Waals surface area contributed by atoms with Crippen LogP contribution < -0.4 is 9.47 Å². The lowest BCUT2D eigenvalue weighted by Gasteiger charge is -2.21. The van der Waals surface area contributed by atoms with Crippen LogP contribution in [0.1, 0.15) is 51.7 Å². The number of nitrogens with zero attached hydrogens (tertiary/aromatic N) is 1. The smallest absolute Gasteiger partial charge is 0.123 e. The van der Waals surface area contributed by atoms with Crippen LogP contribution in [0.5, 0.6) is 11.5 Å². The average Bonchev–Trinajstić information content (AvgIpc) is 2.79. The lowest BCUT2D eigenvalue weighted by Crippen LogP contribution is -2.30. The van der Waals surface area contributed by atoms with Gasteiger partial charge in [0.25, 0.3) is 0 Å². The summed E-state index contributed by atoms with van der Waals surface area (Å²) < 4.78 is 12.1. The highest BCUT2D eigenvalue weighted by molar-refractivity contribution is 5.88. The fraction of sp³-hybridized carbons (Fsp3) is 0.448. The first-order chi connectivity index (χ1) is 15.9. The molecule has 0 aliphatic carbocycles. The Morgan fingerprint density at radius 3 is 2.15 bits per heavy atom. The lowest BCUT2D eigenvalue weighted by atomic mass is 9.97. The molecule has 3 rings (SSSR count). The van der Waals surface area contributed by atoms with Crippen molar-refractivity contribution in [1.82, 2.24) is 4.90 Å². The summed E-state index contributed by atoms with van der Waals surface area (Å²) >= 11 is 0. The van der Waals surface area contributed by atoms with E-state index in [9.17, 15) is 5.11 Å². The van der Waals surface area contributed by atoms with Crippen LogP contribution in [0.4, 0.5) is 0 Å². The zero-order valence-corrected chi connectivity index (χ0v) is 21.9. The highest BCUT2D eigenvalue weighted by atomic mass is 35.5. The van der Waals surface area contributed by atoms with E-state index in [1.54, 1.807) is 13.8 Å². The molecule has 0 saturated carbocycles. The van der Waals surface area contributed by atoms with Crippen molar-refractivity contribution in [2.45, 2.75) is 52.6 Å². The topological polar surface area (TPSA) is 41.9 Å². The van der Waals surface area contributed by atoms with E-state index in [-0.39, 0.29) is 19.0 Å². The molecular weight excluding hydrogens is 446 g/mol. The standard InChI is InChI=1S/C29H39NO3.ClH/c1-5-17-30(18-6-2)19-20-32-25-14-11-23(12-15-25)21-27-26-10-8-7-9-24(26)13-16-28(27)33-22-29(3,4)31;/h7-16,31H,5-6,17-22H2,1-4H3;1H. The highest BCUT2D eigenvalue weighted by Crippen LogP contribution is 2.31. The van der Waals surface area contributed by atoms with Crippen molar-refractivity contribution < 1.29 is 14.6 Å². The van der Waals surface area contributed by atoms with Crippen LogP contribution in [0.3, 0.4) is 0 Å². The molecule has 3 aromatic carbocycles. The van der Waals surface area contributed by atoms with Gasteiger partial charge in [0.05, 0.1) is 5.60 Å². The Balaban J connectivity index is 0.00000408. The third-order valence-corrected chi connectivity index (χ3v) is 5.64. The molecule has 0 bridgehead atoms. The second-order valence-corrected chi connectivity index (χ2v) is 9.38. The zero-order chi connectivity index (χ0) is 23.7. The quantitative estimate of drug-likeness (QED) is 0.300. The average molecular weight is 486 g/mol. The number of hydrogen-bond acceptors (Lipinski definition) is 4. The van der Waals surface area contributed by atoms with Crippen LogP contribution in [0.2, 0.25) is 0 Å². The van der Waals surface area contributed by atoms with E-state index in [0.29, 0.717) is 6.61 Å². The molecule has 0 aliphatic rings. The minimum Gasteiger partial charge on any atom is -0.492 e. The Morgan fingerprint density at radius 2 is 1.50 bits per heavy atom. The van der Waals surface area contributed by atoms with E-state index in [0.717, 1.165) is 43.1 Å². The maximum Gasteiger partial charge on any atom is 0.123 e. The Bertz CT molecular complexity index is 992. The summed E-state index contributed by atoms with van der Waals surface area (Å²) in [5, 5.41) is 12.5. The van der Waals surface area contributed by atoms with Gasteiger partial charge in [0.15, 0.2) is 0 Å². The Morgan fingerprint density at radius 1 is 0.824 bits per heavy atom. The Hall–Kier alpha value is -2.27. The number of ether oxygens (including phenoxy) is 2. The van der Waals surface area contributed by atoms with Gasteiger partial charge in [-0.25, -0.2) is 0 Å². The first kappa shape index (κ1) is 28.0. The van der Waals surface area contributed by atoms with E-state index in [2.05, 4.69) is 73.3 Å². The van der Waals surface area contributed by atoms with Gasteiger partial charge >= 0.3 is 0 Å².